The molecule has 1 aliphatic heterocycles. The number of methoxy groups -OCH3 is 1. The first kappa shape index (κ1) is 10.4. The molecule has 1 atom stereocenters. The first-order valence-corrected chi connectivity index (χ1v) is 5.56. The minimum absolute atomic E-state index is 0.410. The molecule has 0 aromatic carbocycles. The second kappa shape index (κ2) is 4.62. The second-order valence-electron chi connectivity index (χ2n) is 4.06. The van der Waals surface area contributed by atoms with Crippen LogP contribution in [0, 0.1) is 6.92 Å². The lowest BCUT2D eigenvalue weighted by atomic mass is 10.0. The fourth-order valence-electron chi connectivity index (χ4n) is 2.03. The third-order valence-corrected chi connectivity index (χ3v) is 2.93. The average molecular weight is 206 g/mol. The number of aromatic nitrogens is 1. The Morgan fingerprint density at radius 3 is 2.93 bits per heavy atom. The van der Waals surface area contributed by atoms with Crippen LogP contribution in [0.4, 0.5) is 0 Å². The number of nitrogens with one attached hydrogen (secondary N) is 1. The van der Waals surface area contributed by atoms with Crippen molar-refractivity contribution in [3.63, 3.8) is 0 Å². The lowest BCUT2D eigenvalue weighted by Crippen LogP contribution is -2.27. The third-order valence-electron chi connectivity index (χ3n) is 2.93. The van der Waals surface area contributed by atoms with Crippen molar-refractivity contribution >= 4 is 0 Å². The van der Waals surface area contributed by atoms with Gasteiger partial charge in [-0.1, -0.05) is 12.5 Å². The van der Waals surface area contributed by atoms with Gasteiger partial charge in [0.1, 0.15) is 0 Å². The fraction of sp³-hybridized carbons (Fsp3) is 0.583. The Kier molecular flexibility index (Phi) is 3.21. The number of piperidine rings is 1. The number of pyridine rings is 1. The zero-order valence-electron chi connectivity index (χ0n) is 9.42. The van der Waals surface area contributed by atoms with Crippen LogP contribution in [0.15, 0.2) is 12.1 Å². The molecule has 1 aliphatic rings. The maximum atomic E-state index is 5.24. The van der Waals surface area contributed by atoms with Crippen molar-refractivity contribution in [2.75, 3.05) is 13.7 Å². The van der Waals surface area contributed by atoms with Gasteiger partial charge in [-0.2, -0.15) is 0 Å². The highest BCUT2D eigenvalue weighted by atomic mass is 16.5. The molecule has 1 unspecified atom stereocenters. The molecule has 15 heavy (non-hydrogen) atoms. The van der Waals surface area contributed by atoms with E-state index in [9.17, 15) is 0 Å². The van der Waals surface area contributed by atoms with Crippen molar-refractivity contribution in [2.45, 2.75) is 32.2 Å². The van der Waals surface area contributed by atoms with Crippen LogP contribution in [0.2, 0.25) is 0 Å². The highest BCUT2D eigenvalue weighted by Gasteiger charge is 2.16. The van der Waals surface area contributed by atoms with E-state index in [0.717, 1.165) is 23.7 Å². The van der Waals surface area contributed by atoms with Crippen molar-refractivity contribution in [3.05, 3.63) is 23.4 Å². The van der Waals surface area contributed by atoms with Crippen LogP contribution in [-0.4, -0.2) is 18.6 Å². The summed E-state index contributed by atoms with van der Waals surface area (Å²) in [5, 5.41) is 3.49. The molecule has 0 bridgehead atoms. The Morgan fingerprint density at radius 1 is 1.40 bits per heavy atom. The molecule has 0 spiro atoms. The molecular weight excluding hydrogens is 188 g/mol. The molecule has 1 saturated heterocycles. The summed E-state index contributed by atoms with van der Waals surface area (Å²) in [7, 11) is 1.67. The Labute approximate surface area is 90.9 Å². The van der Waals surface area contributed by atoms with E-state index in [0.29, 0.717) is 6.04 Å². The normalized spacial score (nSPS) is 21.3. The highest BCUT2D eigenvalue weighted by Crippen LogP contribution is 2.24. The molecule has 0 amide bonds. The highest BCUT2D eigenvalue weighted by molar-refractivity contribution is 5.28. The summed E-state index contributed by atoms with van der Waals surface area (Å²) in [6, 6.07) is 4.59. The third kappa shape index (κ3) is 2.29. The molecule has 2 rings (SSSR count). The zero-order chi connectivity index (χ0) is 10.7. The predicted molar refractivity (Wildman–Crippen MR) is 60.1 cm³/mol. The van der Waals surface area contributed by atoms with Gasteiger partial charge in [0.15, 0.2) is 0 Å². The molecule has 3 heteroatoms. The molecule has 82 valence electrons. The van der Waals surface area contributed by atoms with Gasteiger partial charge in [0.25, 0.3) is 0 Å². The van der Waals surface area contributed by atoms with Crippen molar-refractivity contribution in [1.29, 1.82) is 0 Å². The molecule has 0 saturated carbocycles. The number of hydrogen-bond acceptors (Lipinski definition) is 3. The molecule has 1 aromatic heterocycles. The van der Waals surface area contributed by atoms with Crippen LogP contribution in [0.25, 0.3) is 0 Å². The van der Waals surface area contributed by atoms with Crippen LogP contribution >= 0.6 is 0 Å². The number of hydrogen-bond donors (Lipinski definition) is 1. The Bertz CT molecular complexity index is 332. The van der Waals surface area contributed by atoms with E-state index in [1.165, 1.54) is 19.3 Å². The maximum Gasteiger partial charge on any atom is 0.216 e. The molecule has 1 aromatic rings. The first-order valence-electron chi connectivity index (χ1n) is 5.56. The molecule has 2 heterocycles. The summed E-state index contributed by atoms with van der Waals surface area (Å²) in [4.78, 5) is 4.53. The summed E-state index contributed by atoms with van der Waals surface area (Å²) < 4.78 is 5.24. The SMILES string of the molecule is COc1nc(C2CCCCN2)ccc1C. The largest absolute Gasteiger partial charge is 0.481 e. The van der Waals surface area contributed by atoms with Gasteiger partial charge in [-0.3, -0.25) is 0 Å². The molecule has 1 fully saturated rings. The van der Waals surface area contributed by atoms with Crippen molar-refractivity contribution < 1.29 is 4.74 Å². The monoisotopic (exact) mass is 206 g/mol. The Hall–Kier alpha value is -1.09. The molecule has 0 radical (unpaired) electrons. The Morgan fingerprint density at radius 2 is 2.27 bits per heavy atom. The lowest BCUT2D eigenvalue weighted by Gasteiger charge is -2.23. The maximum absolute atomic E-state index is 5.24. The number of ether oxygens (including phenoxy) is 1. The van der Waals surface area contributed by atoms with Crippen LogP contribution in [0.1, 0.15) is 36.6 Å². The minimum atomic E-state index is 0.410. The van der Waals surface area contributed by atoms with Crippen molar-refractivity contribution in [2.24, 2.45) is 0 Å². The number of aryl methyl sites for hydroxylation is 1. The summed E-state index contributed by atoms with van der Waals surface area (Å²) in [5.74, 6) is 0.750. The predicted octanol–water partition coefficient (Wildman–Crippen LogP) is 2.21. The fourth-order valence-corrected chi connectivity index (χ4v) is 2.03. The van der Waals surface area contributed by atoms with Gasteiger partial charge < -0.3 is 10.1 Å². The first-order chi connectivity index (χ1) is 7.31. The van der Waals surface area contributed by atoms with Gasteiger partial charge >= 0.3 is 0 Å². The summed E-state index contributed by atoms with van der Waals surface area (Å²) in [5.41, 5.74) is 2.20. The van der Waals surface area contributed by atoms with Gasteiger partial charge in [-0.05, 0) is 32.4 Å². The quantitative estimate of drug-likeness (QED) is 0.805. The van der Waals surface area contributed by atoms with Gasteiger partial charge in [0.2, 0.25) is 5.88 Å². The minimum Gasteiger partial charge on any atom is -0.481 e. The van der Waals surface area contributed by atoms with E-state index in [4.69, 9.17) is 4.74 Å². The molecule has 3 nitrogen and oxygen atoms in total. The number of rotatable bonds is 2. The molecular formula is C12H18N2O. The standard InChI is InChI=1S/C12H18N2O/c1-9-6-7-11(14-12(9)15-2)10-5-3-4-8-13-10/h6-7,10,13H,3-5,8H2,1-2H3. The topological polar surface area (TPSA) is 34.1 Å². The van der Waals surface area contributed by atoms with E-state index in [1.807, 2.05) is 6.92 Å². The van der Waals surface area contributed by atoms with E-state index in [1.54, 1.807) is 7.11 Å². The van der Waals surface area contributed by atoms with E-state index >= 15 is 0 Å². The second-order valence-corrected chi connectivity index (χ2v) is 4.06. The average Bonchev–Trinajstić information content (AvgIpc) is 2.31. The summed E-state index contributed by atoms with van der Waals surface area (Å²) in [6.45, 7) is 3.12. The van der Waals surface area contributed by atoms with Crippen molar-refractivity contribution in [1.82, 2.24) is 10.3 Å². The van der Waals surface area contributed by atoms with E-state index in [-0.39, 0.29) is 0 Å². The smallest absolute Gasteiger partial charge is 0.216 e. The van der Waals surface area contributed by atoms with E-state index in [2.05, 4.69) is 22.4 Å². The number of nitrogens with zero attached hydrogens (tertiary/aromatic N) is 1. The van der Waals surface area contributed by atoms with Crippen LogP contribution in [0.5, 0.6) is 5.88 Å². The lowest BCUT2D eigenvalue weighted by molar-refractivity contribution is 0.376. The van der Waals surface area contributed by atoms with Gasteiger partial charge in [0, 0.05) is 11.6 Å². The van der Waals surface area contributed by atoms with E-state index < -0.39 is 0 Å². The molecule has 0 aliphatic carbocycles. The Balaban J connectivity index is 2.20. The summed E-state index contributed by atoms with van der Waals surface area (Å²) >= 11 is 0. The zero-order valence-corrected chi connectivity index (χ0v) is 9.42. The van der Waals surface area contributed by atoms with Gasteiger partial charge in [0.05, 0.1) is 12.8 Å². The van der Waals surface area contributed by atoms with Crippen molar-refractivity contribution in [3.8, 4) is 5.88 Å². The van der Waals surface area contributed by atoms with Gasteiger partial charge in [-0.25, -0.2) is 4.98 Å². The van der Waals surface area contributed by atoms with Crippen LogP contribution < -0.4 is 10.1 Å². The van der Waals surface area contributed by atoms with Gasteiger partial charge in [-0.15, -0.1) is 0 Å². The van der Waals surface area contributed by atoms with Crippen LogP contribution in [0.3, 0.4) is 0 Å². The summed E-state index contributed by atoms with van der Waals surface area (Å²) in [6.07, 6.45) is 3.74. The molecule has 1 N–H and O–H groups in total. The van der Waals surface area contributed by atoms with Crippen LogP contribution in [-0.2, 0) is 0 Å².